The second-order valence-electron chi connectivity index (χ2n) is 7.58. The zero-order valence-electron chi connectivity index (χ0n) is 17.2. The molecule has 0 unspecified atom stereocenters. The molecule has 1 aliphatic rings. The van der Waals surface area contributed by atoms with Crippen molar-refractivity contribution < 1.29 is 26.5 Å². The van der Waals surface area contributed by atoms with Gasteiger partial charge in [-0.1, -0.05) is 23.4 Å². The van der Waals surface area contributed by atoms with Crippen molar-refractivity contribution in [3.8, 4) is 22.6 Å². The number of amidine groups is 1. The highest BCUT2D eigenvalue weighted by molar-refractivity contribution is 5.97. The highest BCUT2D eigenvalue weighted by atomic mass is 19.4. The topological polar surface area (TPSA) is 96.3 Å². The number of fused-ring (bicyclic) bond motifs is 1. The summed E-state index contributed by atoms with van der Waals surface area (Å²) in [6.07, 6.45) is -4.43. The normalized spacial score (nSPS) is 13.7. The molecule has 5 rings (SSSR count). The van der Waals surface area contributed by atoms with Gasteiger partial charge in [0.15, 0.2) is 23.2 Å². The first-order chi connectivity index (χ1) is 16.2. The van der Waals surface area contributed by atoms with Gasteiger partial charge >= 0.3 is 6.18 Å². The van der Waals surface area contributed by atoms with Gasteiger partial charge < -0.3 is 15.2 Å². The fraction of sp³-hybridized carbons (Fsp3) is 0.136. The molecule has 0 amide bonds. The number of hydrogen-bond acceptors (Lipinski definition) is 6. The quantitative estimate of drug-likeness (QED) is 0.420. The van der Waals surface area contributed by atoms with E-state index in [0.29, 0.717) is 28.4 Å². The van der Waals surface area contributed by atoms with Crippen LogP contribution in [0.5, 0.6) is 0 Å². The van der Waals surface area contributed by atoms with Crippen LogP contribution in [0.3, 0.4) is 0 Å². The van der Waals surface area contributed by atoms with Gasteiger partial charge in [-0.3, -0.25) is 5.01 Å². The first-order valence-electron chi connectivity index (χ1n) is 9.95. The molecule has 0 aliphatic carbocycles. The maximum Gasteiger partial charge on any atom is 0.416 e. The van der Waals surface area contributed by atoms with Gasteiger partial charge in [0.05, 0.1) is 29.9 Å². The summed E-state index contributed by atoms with van der Waals surface area (Å²) in [6, 6.07) is 9.93. The van der Waals surface area contributed by atoms with Crippen LogP contribution in [0.1, 0.15) is 22.7 Å². The Morgan fingerprint density at radius 3 is 2.59 bits per heavy atom. The number of imidazole rings is 1. The summed E-state index contributed by atoms with van der Waals surface area (Å²) in [5, 5.41) is 9.71. The van der Waals surface area contributed by atoms with E-state index < -0.39 is 23.4 Å². The summed E-state index contributed by atoms with van der Waals surface area (Å²) in [5.74, 6) is -1.44. The third-order valence-corrected chi connectivity index (χ3v) is 5.22. The summed E-state index contributed by atoms with van der Waals surface area (Å²) in [6.45, 7) is 0.368. The van der Waals surface area contributed by atoms with E-state index in [4.69, 9.17) is 10.3 Å². The van der Waals surface area contributed by atoms with E-state index in [1.807, 2.05) is 0 Å². The Hall–Kier alpha value is -4.22. The minimum atomic E-state index is -4.43. The Kier molecular flexibility index (Phi) is 5.07. The van der Waals surface area contributed by atoms with Crippen LogP contribution in [0.25, 0.3) is 22.6 Å². The fourth-order valence-corrected chi connectivity index (χ4v) is 3.59. The minimum absolute atomic E-state index is 0.0369. The Morgan fingerprint density at radius 1 is 1.09 bits per heavy atom. The lowest BCUT2D eigenvalue weighted by Crippen LogP contribution is -2.30. The van der Waals surface area contributed by atoms with Crippen LogP contribution in [0.15, 0.2) is 58.2 Å². The number of nitrogens with zero attached hydrogens (tertiary/aromatic N) is 4. The number of benzene rings is 2. The SMILES string of the molecule is NC1=NN(Cc2cc(-c3ccc(C(F)(F)F)cc3)no2)Cc2[nH]c(-c3cccc(F)c3F)nc21. The van der Waals surface area contributed by atoms with Crippen molar-refractivity contribution in [3.05, 3.63) is 82.9 Å². The van der Waals surface area contributed by atoms with Gasteiger partial charge in [0.2, 0.25) is 0 Å². The zero-order valence-corrected chi connectivity index (χ0v) is 17.2. The minimum Gasteiger partial charge on any atom is -0.380 e. The Morgan fingerprint density at radius 2 is 1.85 bits per heavy atom. The number of aromatic nitrogens is 3. The molecule has 0 saturated carbocycles. The molecule has 0 saturated heterocycles. The molecule has 0 bridgehead atoms. The summed E-state index contributed by atoms with van der Waals surface area (Å²) in [7, 11) is 0. The number of rotatable bonds is 4. The number of alkyl halides is 3. The van der Waals surface area contributed by atoms with Crippen LogP contribution in [0.2, 0.25) is 0 Å². The molecule has 3 N–H and O–H groups in total. The van der Waals surface area contributed by atoms with E-state index in [9.17, 15) is 22.0 Å². The predicted octanol–water partition coefficient (Wildman–Crippen LogP) is 4.66. The molecule has 0 radical (unpaired) electrons. The highest BCUT2D eigenvalue weighted by Crippen LogP contribution is 2.31. The molecule has 34 heavy (non-hydrogen) atoms. The largest absolute Gasteiger partial charge is 0.416 e. The fourth-order valence-electron chi connectivity index (χ4n) is 3.59. The third-order valence-electron chi connectivity index (χ3n) is 5.22. The van der Waals surface area contributed by atoms with Gasteiger partial charge in [-0.05, 0) is 24.3 Å². The lowest BCUT2D eigenvalue weighted by atomic mass is 10.1. The van der Waals surface area contributed by atoms with E-state index in [1.54, 1.807) is 11.1 Å². The molecule has 4 aromatic rings. The highest BCUT2D eigenvalue weighted by Gasteiger charge is 2.30. The number of hydrazone groups is 1. The second kappa shape index (κ2) is 7.97. The van der Waals surface area contributed by atoms with Crippen LogP contribution >= 0.6 is 0 Å². The average Bonchev–Trinajstić information content (AvgIpc) is 3.43. The van der Waals surface area contributed by atoms with E-state index >= 15 is 0 Å². The van der Waals surface area contributed by atoms with Crippen LogP contribution in [-0.4, -0.2) is 26.0 Å². The number of nitrogens with one attached hydrogen (secondary N) is 1. The van der Waals surface area contributed by atoms with Gasteiger partial charge in [0, 0.05) is 11.6 Å². The maximum atomic E-state index is 14.2. The van der Waals surface area contributed by atoms with Crippen molar-refractivity contribution >= 4 is 5.84 Å². The van der Waals surface area contributed by atoms with Crippen LogP contribution < -0.4 is 5.73 Å². The van der Waals surface area contributed by atoms with Gasteiger partial charge in [-0.25, -0.2) is 13.8 Å². The van der Waals surface area contributed by atoms with Gasteiger partial charge in [-0.15, -0.1) is 0 Å². The number of hydrogen-bond donors (Lipinski definition) is 2. The van der Waals surface area contributed by atoms with Crippen molar-refractivity contribution in [1.29, 1.82) is 0 Å². The van der Waals surface area contributed by atoms with Gasteiger partial charge in [0.25, 0.3) is 0 Å². The molecule has 7 nitrogen and oxygen atoms in total. The Bertz CT molecular complexity index is 1390. The van der Waals surface area contributed by atoms with Crippen molar-refractivity contribution in [2.24, 2.45) is 10.8 Å². The molecule has 0 atom stereocenters. The number of aromatic amines is 1. The lowest BCUT2D eigenvalue weighted by Gasteiger charge is -2.21. The molecule has 2 aromatic carbocycles. The summed E-state index contributed by atoms with van der Waals surface area (Å²) in [4.78, 5) is 7.21. The first-order valence-corrected chi connectivity index (χ1v) is 9.95. The van der Waals surface area contributed by atoms with Gasteiger partial charge in [-0.2, -0.15) is 18.3 Å². The molecular weight excluding hydrogens is 459 g/mol. The maximum absolute atomic E-state index is 14.2. The molecule has 174 valence electrons. The van der Waals surface area contributed by atoms with Crippen LogP contribution in [0.4, 0.5) is 22.0 Å². The van der Waals surface area contributed by atoms with Crippen molar-refractivity contribution in [3.63, 3.8) is 0 Å². The summed E-state index contributed by atoms with van der Waals surface area (Å²) < 4.78 is 71.3. The van der Waals surface area contributed by atoms with E-state index in [-0.39, 0.29) is 30.3 Å². The smallest absolute Gasteiger partial charge is 0.380 e. The predicted molar refractivity (Wildman–Crippen MR) is 111 cm³/mol. The van der Waals surface area contributed by atoms with Crippen molar-refractivity contribution in [1.82, 2.24) is 20.1 Å². The third kappa shape index (κ3) is 3.98. The molecule has 0 spiro atoms. The Balaban J connectivity index is 1.33. The van der Waals surface area contributed by atoms with Crippen molar-refractivity contribution in [2.45, 2.75) is 19.3 Å². The molecule has 2 aromatic heterocycles. The van der Waals surface area contributed by atoms with Crippen LogP contribution in [0, 0.1) is 11.6 Å². The Labute approximate surface area is 188 Å². The monoisotopic (exact) mass is 474 g/mol. The standard InChI is InChI=1S/C22H15F5N6O/c23-15-3-1-2-14(18(15)24)21-29-17-10-33(31-20(28)19(17)30-21)9-13-8-16(32-34-13)11-4-6-12(7-5-11)22(25,26)27/h1-8H,9-10H2,(H2,28,31)(H,29,30). The number of nitrogens with two attached hydrogens (primary N) is 1. The average molecular weight is 474 g/mol. The molecule has 12 heteroatoms. The van der Waals surface area contributed by atoms with Crippen LogP contribution in [-0.2, 0) is 19.3 Å². The second-order valence-corrected chi connectivity index (χ2v) is 7.58. The first kappa shape index (κ1) is 21.6. The summed E-state index contributed by atoms with van der Waals surface area (Å²) >= 11 is 0. The molecular formula is C22H15F5N6O. The number of halogens is 5. The zero-order chi connectivity index (χ0) is 24.0. The lowest BCUT2D eigenvalue weighted by molar-refractivity contribution is -0.137. The number of H-pyrrole nitrogens is 1. The molecule has 1 aliphatic heterocycles. The summed E-state index contributed by atoms with van der Waals surface area (Å²) in [5.41, 5.74) is 6.93. The van der Waals surface area contributed by atoms with Gasteiger partial charge in [0.1, 0.15) is 17.2 Å². The van der Waals surface area contributed by atoms with E-state index in [2.05, 4.69) is 20.2 Å². The van der Waals surface area contributed by atoms with E-state index in [0.717, 1.165) is 18.2 Å². The van der Waals surface area contributed by atoms with E-state index in [1.165, 1.54) is 24.3 Å². The molecule has 0 fully saturated rings. The van der Waals surface area contributed by atoms with Crippen molar-refractivity contribution in [2.75, 3.05) is 0 Å². The molecule has 3 heterocycles.